The van der Waals surface area contributed by atoms with E-state index in [1.807, 2.05) is 32.0 Å². The van der Waals surface area contributed by atoms with E-state index >= 15 is 0 Å². The number of aryl methyl sites for hydroxylation is 2. The number of ether oxygens (including phenoxy) is 2. The minimum atomic E-state index is -0.420. The van der Waals surface area contributed by atoms with Gasteiger partial charge in [0.05, 0.1) is 12.7 Å². The summed E-state index contributed by atoms with van der Waals surface area (Å²) in [6, 6.07) is 11.1. The Balaban J connectivity index is 2.25. The zero-order valence-corrected chi connectivity index (χ0v) is 13.0. The van der Waals surface area contributed by atoms with Gasteiger partial charge in [0, 0.05) is 10.6 Å². The maximum Gasteiger partial charge on any atom is 0.338 e. The van der Waals surface area contributed by atoms with Gasteiger partial charge in [0.2, 0.25) is 0 Å². The largest absolute Gasteiger partial charge is 0.489 e. The number of benzene rings is 2. The first-order chi connectivity index (χ1) is 10.0. The summed E-state index contributed by atoms with van der Waals surface area (Å²) in [5.41, 5.74) is 3.27. The van der Waals surface area contributed by atoms with Crippen molar-refractivity contribution in [3.05, 3.63) is 63.7 Å². The fourth-order valence-corrected chi connectivity index (χ4v) is 2.35. The molecule has 0 radical (unpaired) electrons. The van der Waals surface area contributed by atoms with Crippen LogP contribution in [0.4, 0.5) is 0 Å². The Kier molecular flexibility index (Phi) is 4.86. The van der Waals surface area contributed by atoms with Crippen molar-refractivity contribution in [3.63, 3.8) is 0 Å². The third kappa shape index (κ3) is 3.56. The highest BCUT2D eigenvalue weighted by atomic mass is 35.5. The van der Waals surface area contributed by atoms with Gasteiger partial charge in [-0.25, -0.2) is 4.79 Å². The highest BCUT2D eigenvalue weighted by molar-refractivity contribution is 6.31. The molecule has 0 amide bonds. The summed E-state index contributed by atoms with van der Waals surface area (Å²) in [5.74, 6) is 0.355. The Morgan fingerprint density at radius 1 is 1.19 bits per heavy atom. The lowest BCUT2D eigenvalue weighted by Crippen LogP contribution is -2.09. The third-order valence-corrected chi connectivity index (χ3v) is 3.58. The van der Waals surface area contributed by atoms with Gasteiger partial charge in [0.1, 0.15) is 12.4 Å². The molecule has 0 spiro atoms. The molecule has 0 aliphatic heterocycles. The van der Waals surface area contributed by atoms with Crippen LogP contribution in [0.2, 0.25) is 5.02 Å². The standard InChI is InChI=1S/C17H17ClO3/c1-11-7-8-16(12(2)9-11)21-10-14-13(17(19)20-3)5-4-6-15(14)18/h4-9H,10H2,1-3H3. The van der Waals surface area contributed by atoms with Crippen LogP contribution in [0.25, 0.3) is 0 Å². The van der Waals surface area contributed by atoms with Crippen LogP contribution >= 0.6 is 11.6 Å². The van der Waals surface area contributed by atoms with Crippen LogP contribution in [0.5, 0.6) is 5.75 Å². The summed E-state index contributed by atoms with van der Waals surface area (Å²) in [5, 5.41) is 0.489. The number of methoxy groups -OCH3 is 1. The lowest BCUT2D eigenvalue weighted by atomic mass is 10.1. The average Bonchev–Trinajstić information content (AvgIpc) is 2.46. The van der Waals surface area contributed by atoms with Crippen LogP contribution in [0, 0.1) is 13.8 Å². The molecule has 2 aromatic rings. The van der Waals surface area contributed by atoms with E-state index < -0.39 is 5.97 Å². The zero-order valence-electron chi connectivity index (χ0n) is 12.3. The predicted octanol–water partition coefficient (Wildman–Crippen LogP) is 4.32. The number of rotatable bonds is 4. The Labute approximate surface area is 129 Å². The molecule has 0 saturated heterocycles. The summed E-state index contributed by atoms with van der Waals surface area (Å²) >= 11 is 6.17. The van der Waals surface area contributed by atoms with E-state index in [1.165, 1.54) is 12.7 Å². The van der Waals surface area contributed by atoms with Crippen molar-refractivity contribution in [3.8, 4) is 5.75 Å². The molecule has 0 unspecified atom stereocenters. The van der Waals surface area contributed by atoms with Crippen LogP contribution in [-0.4, -0.2) is 13.1 Å². The molecule has 0 aliphatic carbocycles. The van der Waals surface area contributed by atoms with Crippen LogP contribution < -0.4 is 4.74 Å². The molecule has 110 valence electrons. The molecular weight excluding hydrogens is 288 g/mol. The molecule has 0 fully saturated rings. The predicted molar refractivity (Wildman–Crippen MR) is 83.0 cm³/mol. The number of hydrogen-bond acceptors (Lipinski definition) is 3. The summed E-state index contributed by atoms with van der Waals surface area (Å²) in [4.78, 5) is 11.8. The van der Waals surface area contributed by atoms with Crippen molar-refractivity contribution in [1.82, 2.24) is 0 Å². The smallest absolute Gasteiger partial charge is 0.338 e. The fourth-order valence-electron chi connectivity index (χ4n) is 2.12. The summed E-state index contributed by atoms with van der Waals surface area (Å²) in [6.45, 7) is 4.23. The van der Waals surface area contributed by atoms with E-state index in [0.29, 0.717) is 16.1 Å². The van der Waals surface area contributed by atoms with Crippen LogP contribution in [0.3, 0.4) is 0 Å². The molecule has 0 aliphatic rings. The van der Waals surface area contributed by atoms with Gasteiger partial charge in [-0.1, -0.05) is 35.4 Å². The van der Waals surface area contributed by atoms with E-state index in [9.17, 15) is 4.79 Å². The van der Waals surface area contributed by atoms with Gasteiger partial charge >= 0.3 is 5.97 Å². The molecular formula is C17H17ClO3. The monoisotopic (exact) mass is 304 g/mol. The number of halogens is 1. The van der Waals surface area contributed by atoms with E-state index in [1.54, 1.807) is 18.2 Å². The Bertz CT molecular complexity index is 665. The molecule has 0 atom stereocenters. The van der Waals surface area contributed by atoms with E-state index in [0.717, 1.165) is 11.3 Å². The second kappa shape index (κ2) is 6.64. The maximum absolute atomic E-state index is 11.8. The van der Waals surface area contributed by atoms with Gasteiger partial charge in [-0.05, 0) is 37.6 Å². The minimum absolute atomic E-state index is 0.216. The van der Waals surface area contributed by atoms with Crippen molar-refractivity contribution in [1.29, 1.82) is 0 Å². The molecule has 0 bridgehead atoms. The van der Waals surface area contributed by atoms with Crippen LogP contribution in [-0.2, 0) is 11.3 Å². The lowest BCUT2D eigenvalue weighted by Gasteiger charge is -2.13. The topological polar surface area (TPSA) is 35.5 Å². The lowest BCUT2D eigenvalue weighted by molar-refractivity contribution is 0.0597. The van der Waals surface area contributed by atoms with Gasteiger partial charge in [0.25, 0.3) is 0 Å². The van der Waals surface area contributed by atoms with Crippen LogP contribution in [0.15, 0.2) is 36.4 Å². The normalized spacial score (nSPS) is 10.3. The summed E-state index contributed by atoms with van der Waals surface area (Å²) in [7, 11) is 1.35. The molecule has 0 heterocycles. The molecule has 21 heavy (non-hydrogen) atoms. The number of esters is 1. The summed E-state index contributed by atoms with van der Waals surface area (Å²) in [6.07, 6.45) is 0. The second-order valence-corrected chi connectivity index (χ2v) is 5.22. The zero-order chi connectivity index (χ0) is 15.4. The van der Waals surface area contributed by atoms with Crippen molar-refractivity contribution < 1.29 is 14.3 Å². The second-order valence-electron chi connectivity index (χ2n) is 4.82. The Morgan fingerprint density at radius 2 is 1.95 bits per heavy atom. The first-order valence-corrected chi connectivity index (χ1v) is 6.96. The first-order valence-electron chi connectivity index (χ1n) is 6.58. The first kappa shape index (κ1) is 15.4. The highest BCUT2D eigenvalue weighted by Crippen LogP contribution is 2.25. The van der Waals surface area contributed by atoms with Gasteiger partial charge in [0.15, 0.2) is 0 Å². The maximum atomic E-state index is 11.8. The molecule has 0 saturated carbocycles. The SMILES string of the molecule is COC(=O)c1cccc(Cl)c1COc1ccc(C)cc1C. The van der Waals surface area contributed by atoms with Gasteiger partial charge < -0.3 is 9.47 Å². The highest BCUT2D eigenvalue weighted by Gasteiger charge is 2.15. The van der Waals surface area contributed by atoms with Crippen molar-refractivity contribution >= 4 is 17.6 Å². The van der Waals surface area contributed by atoms with E-state index in [4.69, 9.17) is 21.1 Å². The fraction of sp³-hybridized carbons (Fsp3) is 0.235. The Hall–Kier alpha value is -2.00. The van der Waals surface area contributed by atoms with Crippen LogP contribution in [0.1, 0.15) is 27.0 Å². The molecule has 0 aromatic heterocycles. The van der Waals surface area contributed by atoms with Gasteiger partial charge in [-0.3, -0.25) is 0 Å². The minimum Gasteiger partial charge on any atom is -0.489 e. The quantitative estimate of drug-likeness (QED) is 0.789. The Morgan fingerprint density at radius 3 is 2.62 bits per heavy atom. The van der Waals surface area contributed by atoms with Crippen molar-refractivity contribution in [2.75, 3.05) is 7.11 Å². The van der Waals surface area contributed by atoms with Crippen molar-refractivity contribution in [2.24, 2.45) is 0 Å². The van der Waals surface area contributed by atoms with E-state index in [2.05, 4.69) is 0 Å². The molecule has 4 heteroatoms. The number of carbonyl (C=O) groups excluding carboxylic acids is 1. The molecule has 0 N–H and O–H groups in total. The molecule has 2 aromatic carbocycles. The summed E-state index contributed by atoms with van der Waals surface area (Å²) < 4.78 is 10.6. The number of hydrogen-bond donors (Lipinski definition) is 0. The molecule has 3 nitrogen and oxygen atoms in total. The number of carbonyl (C=O) groups is 1. The van der Waals surface area contributed by atoms with Crippen molar-refractivity contribution in [2.45, 2.75) is 20.5 Å². The molecule has 2 rings (SSSR count). The average molecular weight is 305 g/mol. The third-order valence-electron chi connectivity index (χ3n) is 3.23. The van der Waals surface area contributed by atoms with Gasteiger partial charge in [-0.2, -0.15) is 0 Å². The van der Waals surface area contributed by atoms with E-state index in [-0.39, 0.29) is 6.61 Å². The van der Waals surface area contributed by atoms with Gasteiger partial charge in [-0.15, -0.1) is 0 Å².